The molecule has 1 saturated heterocycles. The second-order valence-electron chi connectivity index (χ2n) is 9.04. The third kappa shape index (κ3) is 5.08. The second kappa shape index (κ2) is 10.2. The topological polar surface area (TPSA) is 77.1 Å². The fraction of sp³-hybridized carbons (Fsp3) is 0.667. The van der Waals surface area contributed by atoms with Crippen LogP contribution in [0.2, 0.25) is 0 Å². The monoisotopic (exact) mass is 432 g/mol. The zero-order valence-electron chi connectivity index (χ0n) is 19.4. The van der Waals surface area contributed by atoms with Gasteiger partial charge in [0, 0.05) is 31.5 Å². The quantitative estimate of drug-likeness (QED) is 0.683. The SMILES string of the molecule is COc1cc([C@H]2CN(C(=O)C3CCCC3)C[C@@H]2C(=O)NCC(C)C)cc(OC)c1OC. The number of carbonyl (C=O) groups excluding carboxylic acids is 2. The van der Waals surface area contributed by atoms with Gasteiger partial charge in [0.05, 0.1) is 27.2 Å². The lowest BCUT2D eigenvalue weighted by atomic mass is 9.87. The Morgan fingerprint density at radius 2 is 1.65 bits per heavy atom. The number of hydrogen-bond donors (Lipinski definition) is 1. The average molecular weight is 433 g/mol. The van der Waals surface area contributed by atoms with Gasteiger partial charge in [0.1, 0.15) is 0 Å². The van der Waals surface area contributed by atoms with E-state index < -0.39 is 0 Å². The van der Waals surface area contributed by atoms with Gasteiger partial charge >= 0.3 is 0 Å². The van der Waals surface area contributed by atoms with Crippen LogP contribution in [0.1, 0.15) is 51.0 Å². The van der Waals surface area contributed by atoms with E-state index in [-0.39, 0.29) is 29.6 Å². The number of hydrogen-bond acceptors (Lipinski definition) is 5. The van der Waals surface area contributed by atoms with E-state index in [2.05, 4.69) is 19.2 Å². The summed E-state index contributed by atoms with van der Waals surface area (Å²) in [6.45, 7) is 5.73. The zero-order chi connectivity index (χ0) is 22.5. The molecule has 2 atom stereocenters. The van der Waals surface area contributed by atoms with Crippen LogP contribution in [-0.2, 0) is 9.59 Å². The fourth-order valence-corrected chi connectivity index (χ4v) is 4.77. The number of benzene rings is 1. The molecule has 7 heteroatoms. The molecule has 0 radical (unpaired) electrons. The van der Waals surface area contributed by atoms with Crippen LogP contribution in [0.25, 0.3) is 0 Å². The van der Waals surface area contributed by atoms with Crippen LogP contribution in [0.5, 0.6) is 17.2 Å². The summed E-state index contributed by atoms with van der Waals surface area (Å²) in [4.78, 5) is 28.1. The van der Waals surface area contributed by atoms with Gasteiger partial charge in [0.25, 0.3) is 0 Å². The number of nitrogens with zero attached hydrogens (tertiary/aromatic N) is 1. The first-order valence-electron chi connectivity index (χ1n) is 11.3. The molecule has 2 aliphatic rings. The summed E-state index contributed by atoms with van der Waals surface area (Å²) in [5.41, 5.74) is 0.918. The Balaban J connectivity index is 1.91. The van der Waals surface area contributed by atoms with E-state index in [4.69, 9.17) is 14.2 Å². The van der Waals surface area contributed by atoms with Crippen LogP contribution in [0, 0.1) is 17.8 Å². The lowest BCUT2D eigenvalue weighted by Gasteiger charge is -2.21. The molecule has 0 bridgehead atoms. The molecule has 1 N–H and O–H groups in total. The lowest BCUT2D eigenvalue weighted by Crippen LogP contribution is -2.38. The smallest absolute Gasteiger partial charge is 0.225 e. The molecule has 1 heterocycles. The van der Waals surface area contributed by atoms with Crippen LogP contribution in [-0.4, -0.2) is 57.7 Å². The molecule has 7 nitrogen and oxygen atoms in total. The van der Waals surface area contributed by atoms with E-state index in [0.717, 1.165) is 31.2 Å². The molecular formula is C24H36N2O5. The normalized spacial score (nSPS) is 21.4. The van der Waals surface area contributed by atoms with E-state index in [1.807, 2.05) is 17.0 Å². The molecular weight excluding hydrogens is 396 g/mol. The number of ether oxygens (including phenoxy) is 3. The number of nitrogens with one attached hydrogen (secondary N) is 1. The first-order valence-corrected chi connectivity index (χ1v) is 11.3. The van der Waals surface area contributed by atoms with Crippen LogP contribution in [0.4, 0.5) is 0 Å². The van der Waals surface area contributed by atoms with E-state index >= 15 is 0 Å². The molecule has 1 saturated carbocycles. The lowest BCUT2D eigenvalue weighted by molar-refractivity contribution is -0.134. The van der Waals surface area contributed by atoms with Crippen molar-refractivity contribution < 1.29 is 23.8 Å². The number of amides is 2. The summed E-state index contributed by atoms with van der Waals surface area (Å²) in [6.07, 6.45) is 4.13. The summed E-state index contributed by atoms with van der Waals surface area (Å²) in [5, 5.41) is 3.07. The molecule has 3 rings (SSSR count). The molecule has 31 heavy (non-hydrogen) atoms. The largest absolute Gasteiger partial charge is 0.493 e. The molecule has 2 fully saturated rings. The molecule has 1 aliphatic heterocycles. The molecule has 1 aromatic rings. The van der Waals surface area contributed by atoms with E-state index in [9.17, 15) is 9.59 Å². The minimum atomic E-state index is -0.313. The summed E-state index contributed by atoms with van der Waals surface area (Å²) in [5.74, 6) is 1.82. The second-order valence-corrected chi connectivity index (χ2v) is 9.04. The van der Waals surface area contributed by atoms with Crippen molar-refractivity contribution in [2.24, 2.45) is 17.8 Å². The molecule has 0 aromatic heterocycles. The van der Waals surface area contributed by atoms with Crippen LogP contribution in [0.3, 0.4) is 0 Å². The summed E-state index contributed by atoms with van der Waals surface area (Å²) < 4.78 is 16.5. The van der Waals surface area contributed by atoms with Gasteiger partial charge in [-0.05, 0) is 36.5 Å². The third-order valence-corrected chi connectivity index (χ3v) is 6.47. The van der Waals surface area contributed by atoms with Gasteiger partial charge in [-0.3, -0.25) is 9.59 Å². The highest BCUT2D eigenvalue weighted by molar-refractivity contribution is 5.84. The summed E-state index contributed by atoms with van der Waals surface area (Å²) >= 11 is 0. The molecule has 1 aromatic carbocycles. The Morgan fingerprint density at radius 3 is 2.16 bits per heavy atom. The first-order chi connectivity index (χ1) is 14.9. The minimum absolute atomic E-state index is 0.00539. The Bertz CT molecular complexity index is 763. The van der Waals surface area contributed by atoms with Crippen LogP contribution >= 0.6 is 0 Å². The standard InChI is InChI=1S/C24H36N2O5/c1-15(2)12-25-23(27)19-14-26(24(28)16-8-6-7-9-16)13-18(19)17-10-20(29-3)22(31-5)21(11-17)30-4/h10-11,15-16,18-19H,6-9,12-14H2,1-5H3,(H,25,27)/t18-,19+/m1/s1. The zero-order valence-corrected chi connectivity index (χ0v) is 19.4. The Morgan fingerprint density at radius 1 is 1.03 bits per heavy atom. The maximum absolute atomic E-state index is 13.1. The van der Waals surface area contributed by atoms with Gasteiger partial charge in [-0.15, -0.1) is 0 Å². The molecule has 172 valence electrons. The highest BCUT2D eigenvalue weighted by atomic mass is 16.5. The Hall–Kier alpha value is -2.44. The highest BCUT2D eigenvalue weighted by Crippen LogP contribution is 2.43. The van der Waals surface area contributed by atoms with Crippen molar-refractivity contribution in [1.29, 1.82) is 0 Å². The molecule has 1 aliphatic carbocycles. The number of methoxy groups -OCH3 is 3. The van der Waals surface area contributed by atoms with Gasteiger partial charge < -0.3 is 24.4 Å². The van der Waals surface area contributed by atoms with Crippen molar-refractivity contribution in [3.8, 4) is 17.2 Å². The maximum atomic E-state index is 13.1. The molecule has 2 amide bonds. The Kier molecular flexibility index (Phi) is 7.68. The van der Waals surface area contributed by atoms with E-state index in [1.54, 1.807) is 21.3 Å². The van der Waals surface area contributed by atoms with Gasteiger partial charge in [-0.25, -0.2) is 0 Å². The van der Waals surface area contributed by atoms with Crippen LogP contribution < -0.4 is 19.5 Å². The average Bonchev–Trinajstić information content (AvgIpc) is 3.46. The summed E-state index contributed by atoms with van der Waals surface area (Å²) in [7, 11) is 4.73. The van der Waals surface area contributed by atoms with Crippen molar-refractivity contribution >= 4 is 11.8 Å². The summed E-state index contributed by atoms with van der Waals surface area (Å²) in [6, 6.07) is 3.80. The van der Waals surface area contributed by atoms with Gasteiger partial charge in [0.15, 0.2) is 11.5 Å². The van der Waals surface area contributed by atoms with E-state index in [0.29, 0.717) is 42.8 Å². The highest BCUT2D eigenvalue weighted by Gasteiger charge is 2.42. The minimum Gasteiger partial charge on any atom is -0.493 e. The van der Waals surface area contributed by atoms with Crippen molar-refractivity contribution in [2.75, 3.05) is 41.0 Å². The van der Waals surface area contributed by atoms with E-state index in [1.165, 1.54) is 0 Å². The van der Waals surface area contributed by atoms with Gasteiger partial charge in [0.2, 0.25) is 17.6 Å². The van der Waals surface area contributed by atoms with Crippen LogP contribution in [0.15, 0.2) is 12.1 Å². The first kappa shape index (κ1) is 23.2. The number of carbonyl (C=O) groups is 2. The number of rotatable bonds is 8. The van der Waals surface area contributed by atoms with Gasteiger partial charge in [-0.2, -0.15) is 0 Å². The third-order valence-electron chi connectivity index (χ3n) is 6.47. The Labute approximate surface area is 185 Å². The maximum Gasteiger partial charge on any atom is 0.225 e. The molecule has 0 spiro atoms. The van der Waals surface area contributed by atoms with Crippen molar-refractivity contribution in [3.05, 3.63) is 17.7 Å². The van der Waals surface area contributed by atoms with Crippen molar-refractivity contribution in [3.63, 3.8) is 0 Å². The predicted molar refractivity (Wildman–Crippen MR) is 119 cm³/mol. The van der Waals surface area contributed by atoms with Crippen molar-refractivity contribution in [2.45, 2.75) is 45.4 Å². The molecule has 0 unspecified atom stereocenters. The fourth-order valence-electron chi connectivity index (χ4n) is 4.77. The van der Waals surface area contributed by atoms with Gasteiger partial charge in [-0.1, -0.05) is 26.7 Å². The van der Waals surface area contributed by atoms with Crippen molar-refractivity contribution in [1.82, 2.24) is 10.2 Å². The number of likely N-dealkylation sites (tertiary alicyclic amines) is 1. The predicted octanol–water partition coefficient (Wildman–Crippen LogP) is 3.22.